The molecule has 3 aromatic rings. The van der Waals surface area contributed by atoms with E-state index in [1.807, 2.05) is 0 Å². The van der Waals surface area contributed by atoms with Crippen molar-refractivity contribution in [1.29, 1.82) is 0 Å². The van der Waals surface area contributed by atoms with Gasteiger partial charge in [0.2, 0.25) is 0 Å². The lowest BCUT2D eigenvalue weighted by Gasteiger charge is -2.11. The number of sulfone groups is 1. The fraction of sp³-hybridized carbons (Fsp3) is 0.167. The van der Waals surface area contributed by atoms with Crippen molar-refractivity contribution >= 4 is 21.4 Å². The van der Waals surface area contributed by atoms with Crippen molar-refractivity contribution in [3.05, 3.63) is 58.7 Å². The molecule has 0 unspecified atom stereocenters. The number of ether oxygens (including phenoxy) is 1. The van der Waals surface area contributed by atoms with Crippen LogP contribution in [0.2, 0.25) is 5.02 Å². The van der Waals surface area contributed by atoms with Crippen molar-refractivity contribution in [3.8, 4) is 22.7 Å². The van der Waals surface area contributed by atoms with E-state index in [-0.39, 0.29) is 22.0 Å². The predicted octanol–water partition coefficient (Wildman–Crippen LogP) is 4.90. The molecule has 0 atom stereocenters. The van der Waals surface area contributed by atoms with Crippen molar-refractivity contribution < 1.29 is 35.1 Å². The van der Waals surface area contributed by atoms with E-state index in [0.29, 0.717) is 29.1 Å². The van der Waals surface area contributed by atoms with Crippen LogP contribution in [0.3, 0.4) is 0 Å². The van der Waals surface area contributed by atoms with Crippen molar-refractivity contribution in [2.45, 2.75) is 11.1 Å². The second-order valence-electron chi connectivity index (χ2n) is 6.18. The van der Waals surface area contributed by atoms with Crippen molar-refractivity contribution in [2.75, 3.05) is 13.4 Å². The molecule has 0 radical (unpaired) electrons. The first-order chi connectivity index (χ1) is 13.8. The molecule has 30 heavy (non-hydrogen) atoms. The first-order valence-electron chi connectivity index (χ1n) is 8.03. The van der Waals surface area contributed by atoms with Crippen LogP contribution in [0.25, 0.3) is 16.9 Å². The van der Waals surface area contributed by atoms with Crippen LogP contribution in [0.15, 0.2) is 41.3 Å². The second-order valence-corrected chi connectivity index (χ2v) is 8.54. The minimum atomic E-state index is -4.85. The van der Waals surface area contributed by atoms with Gasteiger partial charge in [-0.1, -0.05) is 11.6 Å². The van der Waals surface area contributed by atoms with Gasteiger partial charge < -0.3 is 4.74 Å². The second kappa shape index (κ2) is 7.55. The molecule has 0 amide bonds. The Kier molecular flexibility index (Phi) is 5.54. The molecule has 12 heteroatoms. The van der Waals surface area contributed by atoms with Gasteiger partial charge in [-0.2, -0.15) is 18.3 Å². The Morgan fingerprint density at radius 2 is 1.67 bits per heavy atom. The highest BCUT2D eigenvalue weighted by Crippen LogP contribution is 2.36. The molecule has 0 aliphatic heterocycles. The summed E-state index contributed by atoms with van der Waals surface area (Å²) < 4.78 is 97.1. The van der Waals surface area contributed by atoms with Crippen LogP contribution >= 0.6 is 11.6 Å². The molecule has 0 spiro atoms. The Bertz CT molecular complexity index is 1220. The summed E-state index contributed by atoms with van der Waals surface area (Å²) in [5.41, 5.74) is -1.80. The highest BCUT2D eigenvalue weighted by Gasteiger charge is 2.35. The van der Waals surface area contributed by atoms with Crippen LogP contribution in [0.4, 0.5) is 22.0 Å². The number of aromatic nitrogens is 2. The fourth-order valence-electron chi connectivity index (χ4n) is 2.77. The number of nitrogens with zero attached hydrogens (tertiary/aromatic N) is 2. The van der Waals surface area contributed by atoms with Gasteiger partial charge in [-0.15, -0.1) is 0 Å². The third-order valence-electron chi connectivity index (χ3n) is 4.05. The van der Waals surface area contributed by atoms with Gasteiger partial charge in [0.1, 0.15) is 22.3 Å². The van der Waals surface area contributed by atoms with Crippen LogP contribution < -0.4 is 4.74 Å². The largest absolute Gasteiger partial charge is 0.495 e. The predicted molar refractivity (Wildman–Crippen MR) is 98.6 cm³/mol. The highest BCUT2D eigenvalue weighted by atomic mass is 35.5. The van der Waals surface area contributed by atoms with Gasteiger partial charge in [0.05, 0.1) is 23.5 Å². The summed E-state index contributed by atoms with van der Waals surface area (Å²) in [6, 6.07) is 5.93. The lowest BCUT2D eigenvalue weighted by atomic mass is 10.1. The number of hydrogen-bond donors (Lipinski definition) is 0. The quantitative estimate of drug-likeness (QED) is 0.513. The van der Waals surface area contributed by atoms with Gasteiger partial charge in [-0.05, 0) is 24.3 Å². The zero-order valence-electron chi connectivity index (χ0n) is 15.3. The van der Waals surface area contributed by atoms with Crippen LogP contribution in [-0.4, -0.2) is 31.6 Å². The van der Waals surface area contributed by atoms with E-state index in [0.717, 1.165) is 0 Å². The molecule has 0 aliphatic rings. The van der Waals surface area contributed by atoms with Gasteiger partial charge in [0, 0.05) is 24.0 Å². The van der Waals surface area contributed by atoms with E-state index in [2.05, 4.69) is 5.10 Å². The third-order valence-corrected chi connectivity index (χ3v) is 5.47. The minimum Gasteiger partial charge on any atom is -0.495 e. The van der Waals surface area contributed by atoms with E-state index in [4.69, 9.17) is 16.3 Å². The maximum absolute atomic E-state index is 14.3. The maximum Gasteiger partial charge on any atom is 0.435 e. The average molecular weight is 467 g/mol. The van der Waals surface area contributed by atoms with Crippen molar-refractivity contribution in [1.82, 2.24) is 9.78 Å². The molecular weight excluding hydrogens is 455 g/mol. The van der Waals surface area contributed by atoms with Gasteiger partial charge in [-0.3, -0.25) is 0 Å². The topological polar surface area (TPSA) is 61.2 Å². The molecule has 160 valence electrons. The monoisotopic (exact) mass is 466 g/mol. The van der Waals surface area contributed by atoms with Crippen molar-refractivity contribution in [2.24, 2.45) is 0 Å². The van der Waals surface area contributed by atoms with Gasteiger partial charge in [0.25, 0.3) is 0 Å². The summed E-state index contributed by atoms with van der Waals surface area (Å²) in [5.74, 6) is -2.66. The van der Waals surface area contributed by atoms with Gasteiger partial charge in [0.15, 0.2) is 15.5 Å². The Morgan fingerprint density at radius 3 is 2.13 bits per heavy atom. The number of benzene rings is 2. The summed E-state index contributed by atoms with van der Waals surface area (Å²) in [7, 11) is -2.90. The van der Waals surface area contributed by atoms with Crippen molar-refractivity contribution in [3.63, 3.8) is 0 Å². The molecule has 0 aliphatic carbocycles. The molecule has 0 fully saturated rings. The van der Waals surface area contributed by atoms with Crippen LogP contribution in [0, 0.1) is 11.6 Å². The molecule has 1 aromatic heterocycles. The number of methoxy groups -OCH3 is 1. The molecule has 5 nitrogen and oxygen atoms in total. The molecule has 0 saturated carbocycles. The first kappa shape index (κ1) is 22.0. The number of halogens is 6. The molecule has 0 N–H and O–H groups in total. The maximum atomic E-state index is 14.3. The molecule has 2 aromatic carbocycles. The number of rotatable bonds is 4. The van der Waals surface area contributed by atoms with Gasteiger partial charge in [-0.25, -0.2) is 21.9 Å². The molecule has 3 rings (SSSR count). The number of hydrogen-bond acceptors (Lipinski definition) is 4. The van der Waals surface area contributed by atoms with E-state index in [1.54, 1.807) is 0 Å². The molecule has 0 saturated heterocycles. The normalized spacial score (nSPS) is 12.3. The zero-order valence-corrected chi connectivity index (χ0v) is 16.8. The third kappa shape index (κ3) is 4.12. The van der Waals surface area contributed by atoms with E-state index in [9.17, 15) is 30.4 Å². The Balaban J connectivity index is 2.27. The van der Waals surface area contributed by atoms with Crippen LogP contribution in [0.5, 0.6) is 5.75 Å². The number of alkyl halides is 3. The SMILES string of the molecule is COc1ccc(-c2cc(C(F)(F)F)nn2-c2cc(F)c(S(C)(=O)=O)c(F)c2)cc1Cl. The van der Waals surface area contributed by atoms with E-state index >= 15 is 0 Å². The molecular formula is C18H12ClF5N2O3S. The highest BCUT2D eigenvalue weighted by molar-refractivity contribution is 7.90. The minimum absolute atomic E-state index is 0.0843. The lowest BCUT2D eigenvalue weighted by Crippen LogP contribution is -2.10. The average Bonchev–Trinajstić information content (AvgIpc) is 3.05. The van der Waals surface area contributed by atoms with Crippen LogP contribution in [0.1, 0.15) is 5.69 Å². The first-order valence-corrected chi connectivity index (χ1v) is 10.3. The molecule has 1 heterocycles. The van der Waals surface area contributed by atoms with Gasteiger partial charge >= 0.3 is 6.18 Å². The smallest absolute Gasteiger partial charge is 0.435 e. The van der Waals surface area contributed by atoms with E-state index < -0.39 is 43.9 Å². The summed E-state index contributed by atoms with van der Waals surface area (Å²) in [5, 5.41) is 3.49. The summed E-state index contributed by atoms with van der Waals surface area (Å²) >= 11 is 6.03. The summed E-state index contributed by atoms with van der Waals surface area (Å²) in [4.78, 5) is -1.19. The molecule has 0 bridgehead atoms. The summed E-state index contributed by atoms with van der Waals surface area (Å²) in [6.07, 6.45) is -4.24. The standard InChI is InChI=1S/C18H12ClF5N2O3S/c1-29-15-4-3-9(5-11(15)19)14-8-16(18(22,23)24)25-26(14)10-6-12(20)17(13(21)7-10)30(2,27)28/h3-8H,1-2H3. The zero-order chi connectivity index (χ0) is 22.4. The lowest BCUT2D eigenvalue weighted by molar-refractivity contribution is -0.141. The summed E-state index contributed by atoms with van der Waals surface area (Å²) in [6.45, 7) is 0. The Morgan fingerprint density at radius 1 is 1.07 bits per heavy atom. The Labute approximate surface area is 172 Å². The fourth-order valence-corrected chi connectivity index (χ4v) is 3.85. The van der Waals surface area contributed by atoms with E-state index in [1.165, 1.54) is 25.3 Å². The van der Waals surface area contributed by atoms with Crippen LogP contribution in [-0.2, 0) is 16.0 Å². The Hall–Kier alpha value is -2.66.